The zero-order valence-corrected chi connectivity index (χ0v) is 15.8. The summed E-state index contributed by atoms with van der Waals surface area (Å²) in [4.78, 5) is 24.1. The first-order valence-electron chi connectivity index (χ1n) is 8.78. The zero-order chi connectivity index (χ0) is 19.4. The standard InChI is InChI=1S/C17H27NO8/c1-7(2)8(14(20)21)18-13(19)11-9-10(24-16(3,4)23-9)12-15(22-11)26-17(5,6)25-12/h7-12,15H,1-6H3,(H,18,19)(H,20,21)/p-1/t8-,9-,10+,11+,12-,15-/m1/s1. The minimum absolute atomic E-state index is 0.349. The van der Waals surface area contributed by atoms with Gasteiger partial charge >= 0.3 is 0 Å². The Bertz CT molecular complexity index is 589. The third kappa shape index (κ3) is 3.59. The topological polar surface area (TPSA) is 115 Å². The number of ether oxygens (including phenoxy) is 5. The van der Waals surface area contributed by atoms with Crippen LogP contribution >= 0.6 is 0 Å². The van der Waals surface area contributed by atoms with Crippen molar-refractivity contribution in [1.82, 2.24) is 5.32 Å². The van der Waals surface area contributed by atoms with E-state index in [9.17, 15) is 14.7 Å². The van der Waals surface area contributed by atoms with Crippen LogP contribution in [0.2, 0.25) is 0 Å². The molecule has 26 heavy (non-hydrogen) atoms. The number of nitrogens with one attached hydrogen (secondary N) is 1. The fraction of sp³-hybridized carbons (Fsp3) is 0.882. The highest BCUT2D eigenvalue weighted by molar-refractivity contribution is 5.86. The SMILES string of the molecule is CC(C)[C@@H](NC(=O)[C@H]1O[C@@H]2OC(C)(C)O[C@@H]2[C@H]2OC(C)(C)O[C@H]21)C(=O)[O-]. The number of fused-ring (bicyclic) bond motifs is 3. The predicted octanol–water partition coefficient (Wildman–Crippen LogP) is -0.726. The number of carboxylic acids is 1. The first kappa shape index (κ1) is 19.5. The van der Waals surface area contributed by atoms with E-state index in [1.54, 1.807) is 41.5 Å². The van der Waals surface area contributed by atoms with E-state index < -0.39 is 60.2 Å². The lowest BCUT2D eigenvalue weighted by Gasteiger charge is -2.37. The van der Waals surface area contributed by atoms with Crippen molar-refractivity contribution < 1.29 is 38.4 Å². The third-order valence-corrected chi connectivity index (χ3v) is 4.63. The highest BCUT2D eigenvalue weighted by Gasteiger charge is 2.62. The van der Waals surface area contributed by atoms with E-state index in [0.29, 0.717) is 0 Å². The number of amides is 1. The summed E-state index contributed by atoms with van der Waals surface area (Å²) in [6.07, 6.45) is -3.80. The molecule has 6 atom stereocenters. The van der Waals surface area contributed by atoms with Crippen LogP contribution in [0.25, 0.3) is 0 Å². The zero-order valence-electron chi connectivity index (χ0n) is 15.8. The molecule has 0 spiro atoms. The minimum Gasteiger partial charge on any atom is -0.548 e. The van der Waals surface area contributed by atoms with Crippen molar-refractivity contribution in [3.05, 3.63) is 0 Å². The van der Waals surface area contributed by atoms with Crippen LogP contribution in [0.15, 0.2) is 0 Å². The fourth-order valence-electron chi connectivity index (χ4n) is 3.56. The second kappa shape index (κ2) is 6.42. The molecule has 0 aliphatic carbocycles. The summed E-state index contributed by atoms with van der Waals surface area (Å²) < 4.78 is 29.2. The number of hydrogen-bond acceptors (Lipinski definition) is 8. The lowest BCUT2D eigenvalue weighted by molar-refractivity contribution is -0.309. The van der Waals surface area contributed by atoms with Crippen LogP contribution in [0.3, 0.4) is 0 Å². The Balaban J connectivity index is 1.82. The molecule has 0 unspecified atom stereocenters. The van der Waals surface area contributed by atoms with Crippen LogP contribution < -0.4 is 10.4 Å². The summed E-state index contributed by atoms with van der Waals surface area (Å²) in [7, 11) is 0. The average Bonchev–Trinajstić information content (AvgIpc) is 2.96. The Kier molecular flexibility index (Phi) is 4.81. The van der Waals surface area contributed by atoms with E-state index in [0.717, 1.165) is 0 Å². The van der Waals surface area contributed by atoms with E-state index in [2.05, 4.69) is 5.32 Å². The molecule has 148 valence electrons. The Morgan fingerprint density at radius 3 is 2.04 bits per heavy atom. The quantitative estimate of drug-likeness (QED) is 0.687. The van der Waals surface area contributed by atoms with Crippen LogP contribution in [-0.4, -0.2) is 60.2 Å². The maximum absolute atomic E-state index is 12.8. The molecule has 0 aromatic carbocycles. The van der Waals surface area contributed by atoms with E-state index >= 15 is 0 Å². The van der Waals surface area contributed by atoms with Gasteiger partial charge in [0.25, 0.3) is 5.91 Å². The lowest BCUT2D eigenvalue weighted by Crippen LogP contribution is -2.62. The Labute approximate surface area is 152 Å². The van der Waals surface area contributed by atoms with Crippen molar-refractivity contribution in [2.24, 2.45) is 5.92 Å². The van der Waals surface area contributed by atoms with Gasteiger partial charge in [0.2, 0.25) is 0 Å². The molecule has 1 N–H and O–H groups in total. The van der Waals surface area contributed by atoms with E-state index in [1.807, 2.05) is 0 Å². The number of rotatable bonds is 4. The largest absolute Gasteiger partial charge is 0.548 e. The number of carbonyl (C=O) groups is 2. The van der Waals surface area contributed by atoms with Gasteiger partial charge in [0.05, 0.1) is 12.0 Å². The fourth-order valence-corrected chi connectivity index (χ4v) is 3.56. The first-order chi connectivity index (χ1) is 11.9. The minimum atomic E-state index is -1.36. The third-order valence-electron chi connectivity index (χ3n) is 4.63. The summed E-state index contributed by atoms with van der Waals surface area (Å²) in [6, 6.07) is -1.14. The van der Waals surface area contributed by atoms with Gasteiger partial charge in [-0.05, 0) is 33.6 Å². The van der Waals surface area contributed by atoms with Crippen molar-refractivity contribution >= 4 is 11.9 Å². The molecule has 3 rings (SSSR count). The number of hydrogen-bond donors (Lipinski definition) is 1. The molecule has 9 heteroatoms. The normalized spacial score (nSPS) is 38.5. The molecule has 3 heterocycles. The van der Waals surface area contributed by atoms with Crippen LogP contribution in [0.5, 0.6) is 0 Å². The van der Waals surface area contributed by atoms with Crippen molar-refractivity contribution in [2.45, 2.75) is 89.9 Å². The first-order valence-corrected chi connectivity index (χ1v) is 8.78. The van der Waals surface area contributed by atoms with Gasteiger partial charge in [-0.2, -0.15) is 0 Å². The predicted molar refractivity (Wildman–Crippen MR) is 84.3 cm³/mol. The van der Waals surface area contributed by atoms with Gasteiger partial charge in [0, 0.05) is 0 Å². The van der Waals surface area contributed by atoms with E-state index in [1.165, 1.54) is 0 Å². The Hall–Kier alpha value is -1.26. The van der Waals surface area contributed by atoms with Gasteiger partial charge in [-0.15, -0.1) is 0 Å². The molecule has 0 saturated carbocycles. The smallest absolute Gasteiger partial charge is 0.252 e. The molecule has 3 saturated heterocycles. The van der Waals surface area contributed by atoms with Crippen LogP contribution in [-0.2, 0) is 33.3 Å². The molecule has 1 amide bonds. The van der Waals surface area contributed by atoms with Gasteiger partial charge in [-0.25, -0.2) is 0 Å². The van der Waals surface area contributed by atoms with Gasteiger partial charge in [-0.1, -0.05) is 13.8 Å². The summed E-state index contributed by atoms with van der Waals surface area (Å²) in [5, 5.41) is 13.8. The van der Waals surface area contributed by atoms with Gasteiger partial charge < -0.3 is 38.9 Å². The van der Waals surface area contributed by atoms with Crippen molar-refractivity contribution in [3.63, 3.8) is 0 Å². The molecule has 3 aliphatic rings. The highest BCUT2D eigenvalue weighted by Crippen LogP contribution is 2.44. The molecule has 0 radical (unpaired) electrons. The second-order valence-corrected chi connectivity index (χ2v) is 8.14. The molecule has 9 nitrogen and oxygen atoms in total. The molecule has 0 aromatic heterocycles. The molecule has 3 aliphatic heterocycles. The highest BCUT2D eigenvalue weighted by atomic mass is 16.9. The summed E-state index contributed by atoms with van der Waals surface area (Å²) in [6.45, 7) is 10.3. The van der Waals surface area contributed by atoms with Gasteiger partial charge in [-0.3, -0.25) is 4.79 Å². The lowest BCUT2D eigenvalue weighted by atomic mass is 9.97. The monoisotopic (exact) mass is 372 g/mol. The summed E-state index contributed by atoms with van der Waals surface area (Å²) in [5.41, 5.74) is 0. The van der Waals surface area contributed by atoms with Crippen LogP contribution in [0.4, 0.5) is 0 Å². The second-order valence-electron chi connectivity index (χ2n) is 8.14. The molecule has 0 aromatic rings. The van der Waals surface area contributed by atoms with Gasteiger partial charge in [0.15, 0.2) is 24.0 Å². The molecular formula is C17H26NO8-. The maximum Gasteiger partial charge on any atom is 0.252 e. The van der Waals surface area contributed by atoms with Crippen molar-refractivity contribution in [1.29, 1.82) is 0 Å². The molecule has 0 bridgehead atoms. The summed E-state index contributed by atoms with van der Waals surface area (Å²) in [5.74, 6) is -4.15. The Morgan fingerprint density at radius 2 is 1.46 bits per heavy atom. The number of aliphatic carboxylic acids is 1. The average molecular weight is 372 g/mol. The van der Waals surface area contributed by atoms with E-state index in [-0.39, 0.29) is 5.92 Å². The van der Waals surface area contributed by atoms with Gasteiger partial charge in [0.1, 0.15) is 18.3 Å². The van der Waals surface area contributed by atoms with Crippen molar-refractivity contribution in [2.75, 3.05) is 0 Å². The Morgan fingerprint density at radius 1 is 0.923 bits per heavy atom. The molecular weight excluding hydrogens is 346 g/mol. The number of carbonyl (C=O) groups excluding carboxylic acids is 2. The van der Waals surface area contributed by atoms with E-state index in [4.69, 9.17) is 23.7 Å². The van der Waals surface area contributed by atoms with Crippen molar-refractivity contribution in [3.8, 4) is 0 Å². The maximum atomic E-state index is 12.8. The van der Waals surface area contributed by atoms with Crippen LogP contribution in [0, 0.1) is 5.92 Å². The number of carboxylic acid groups (broad SMARTS) is 1. The summed E-state index contributed by atoms with van der Waals surface area (Å²) >= 11 is 0. The molecule has 3 fully saturated rings. The van der Waals surface area contributed by atoms with Crippen LogP contribution in [0.1, 0.15) is 41.5 Å².